The van der Waals surface area contributed by atoms with E-state index in [1.165, 1.54) is 0 Å². The van der Waals surface area contributed by atoms with Gasteiger partial charge in [-0.1, -0.05) is 0 Å². The molecule has 0 fully saturated rings. The first-order chi connectivity index (χ1) is 8.26. The van der Waals surface area contributed by atoms with Gasteiger partial charge < -0.3 is 26.6 Å². The number of aliphatic hydroxyl groups is 2. The van der Waals surface area contributed by atoms with Crippen LogP contribution in [0.25, 0.3) is 0 Å². The van der Waals surface area contributed by atoms with Crippen molar-refractivity contribution in [1.82, 2.24) is 5.32 Å². The molecule has 1 atom stereocenters. The molecule has 0 aliphatic heterocycles. The highest BCUT2D eigenvalue weighted by molar-refractivity contribution is 5.51. The summed E-state index contributed by atoms with van der Waals surface area (Å²) in [5.41, 5.74) is 7.34. The monoisotopic (exact) mass is 239 g/mol. The summed E-state index contributed by atoms with van der Waals surface area (Å²) in [6, 6.07) is 7.55. The van der Waals surface area contributed by atoms with Crippen molar-refractivity contribution in [2.24, 2.45) is 0 Å². The van der Waals surface area contributed by atoms with Crippen molar-refractivity contribution in [1.29, 1.82) is 0 Å². The molecule has 1 aromatic rings. The zero-order valence-corrected chi connectivity index (χ0v) is 9.89. The van der Waals surface area contributed by atoms with Crippen molar-refractivity contribution in [2.75, 3.05) is 37.4 Å². The number of aliphatic hydroxyl groups excluding tert-OH is 2. The van der Waals surface area contributed by atoms with Gasteiger partial charge in [-0.15, -0.1) is 0 Å². The summed E-state index contributed by atoms with van der Waals surface area (Å²) in [6.45, 7) is 1.42. The molecule has 17 heavy (non-hydrogen) atoms. The zero-order chi connectivity index (χ0) is 12.5. The maximum atomic E-state index is 9.10. The fourth-order valence-electron chi connectivity index (χ4n) is 1.52. The summed E-state index contributed by atoms with van der Waals surface area (Å²) in [5.74, 6) is 0. The van der Waals surface area contributed by atoms with Gasteiger partial charge in [-0.2, -0.15) is 0 Å². The van der Waals surface area contributed by atoms with Crippen molar-refractivity contribution in [3.8, 4) is 0 Å². The molecule has 1 unspecified atom stereocenters. The number of anilines is 2. The fraction of sp³-hybridized carbons (Fsp3) is 0.500. The Bertz CT molecular complexity index is 303. The molecule has 0 amide bonds. The highest BCUT2D eigenvalue weighted by Gasteiger charge is 2.05. The molecule has 1 rings (SSSR count). The molecule has 0 saturated heterocycles. The van der Waals surface area contributed by atoms with Crippen LogP contribution in [0.4, 0.5) is 11.4 Å². The Kier molecular flexibility index (Phi) is 6.39. The standard InChI is InChI=1S/C12H21N3O2/c13-10-1-3-11(4-2-10)14-6-5-12(9-17)15-7-8-16/h1-4,12,14-17H,5-9,13H2. The zero-order valence-electron chi connectivity index (χ0n) is 9.89. The van der Waals surface area contributed by atoms with Crippen LogP contribution in [-0.4, -0.2) is 42.6 Å². The minimum atomic E-state index is 0.0171. The summed E-state index contributed by atoms with van der Waals surface area (Å²) in [4.78, 5) is 0. The lowest BCUT2D eigenvalue weighted by molar-refractivity contribution is 0.222. The van der Waals surface area contributed by atoms with E-state index < -0.39 is 0 Å². The van der Waals surface area contributed by atoms with Crippen LogP contribution in [0.5, 0.6) is 0 Å². The molecule has 6 N–H and O–H groups in total. The van der Waals surface area contributed by atoms with E-state index in [0.717, 1.165) is 24.3 Å². The first-order valence-electron chi connectivity index (χ1n) is 5.80. The summed E-state index contributed by atoms with van der Waals surface area (Å²) in [5, 5.41) is 24.1. The molecule has 0 spiro atoms. The van der Waals surface area contributed by atoms with Crippen LogP contribution in [0.15, 0.2) is 24.3 Å². The van der Waals surface area contributed by atoms with Crippen molar-refractivity contribution in [2.45, 2.75) is 12.5 Å². The van der Waals surface area contributed by atoms with Crippen molar-refractivity contribution in [3.63, 3.8) is 0 Å². The van der Waals surface area contributed by atoms with Crippen LogP contribution in [-0.2, 0) is 0 Å². The number of hydrogen-bond donors (Lipinski definition) is 5. The number of nitrogens with two attached hydrogens (primary N) is 1. The van der Waals surface area contributed by atoms with E-state index in [0.29, 0.717) is 6.54 Å². The van der Waals surface area contributed by atoms with Crippen molar-refractivity contribution < 1.29 is 10.2 Å². The highest BCUT2D eigenvalue weighted by atomic mass is 16.3. The number of hydrogen-bond acceptors (Lipinski definition) is 5. The SMILES string of the molecule is Nc1ccc(NCCC(CO)NCCO)cc1. The molecule has 1 aromatic carbocycles. The number of nitrogens with one attached hydrogen (secondary N) is 2. The van der Waals surface area contributed by atoms with Gasteiger partial charge in [0.05, 0.1) is 13.2 Å². The second-order valence-electron chi connectivity index (χ2n) is 3.89. The van der Waals surface area contributed by atoms with Gasteiger partial charge in [0.25, 0.3) is 0 Å². The smallest absolute Gasteiger partial charge is 0.0585 e. The third-order valence-electron chi connectivity index (χ3n) is 2.50. The van der Waals surface area contributed by atoms with E-state index >= 15 is 0 Å². The molecule has 0 aliphatic carbocycles. The largest absolute Gasteiger partial charge is 0.399 e. The van der Waals surface area contributed by atoms with Crippen LogP contribution in [0.3, 0.4) is 0 Å². The number of benzene rings is 1. The van der Waals surface area contributed by atoms with Crippen LogP contribution in [0.2, 0.25) is 0 Å². The minimum absolute atomic E-state index is 0.0171. The molecule has 5 heteroatoms. The Hall–Kier alpha value is -1.30. The lowest BCUT2D eigenvalue weighted by Gasteiger charge is -2.16. The average molecular weight is 239 g/mol. The van der Waals surface area contributed by atoms with Crippen LogP contribution >= 0.6 is 0 Å². The maximum Gasteiger partial charge on any atom is 0.0585 e. The molecule has 0 saturated carbocycles. The Balaban J connectivity index is 2.23. The van der Waals surface area contributed by atoms with E-state index in [4.69, 9.17) is 15.9 Å². The Morgan fingerprint density at radius 2 is 1.82 bits per heavy atom. The van der Waals surface area contributed by atoms with Gasteiger partial charge >= 0.3 is 0 Å². The third-order valence-corrected chi connectivity index (χ3v) is 2.50. The Labute approximate surface area is 102 Å². The molecule has 0 radical (unpaired) electrons. The van der Waals surface area contributed by atoms with Crippen LogP contribution in [0, 0.1) is 0 Å². The van der Waals surface area contributed by atoms with Gasteiger partial charge in [0.1, 0.15) is 0 Å². The summed E-state index contributed by atoms with van der Waals surface area (Å²) < 4.78 is 0. The normalized spacial score (nSPS) is 12.4. The molecular formula is C12H21N3O2. The topological polar surface area (TPSA) is 90.5 Å². The quantitative estimate of drug-likeness (QED) is 0.412. The van der Waals surface area contributed by atoms with Gasteiger partial charge in [-0.05, 0) is 30.7 Å². The first-order valence-corrected chi connectivity index (χ1v) is 5.80. The van der Waals surface area contributed by atoms with Gasteiger partial charge in [0, 0.05) is 30.5 Å². The summed E-state index contributed by atoms with van der Waals surface area (Å²) in [6.07, 6.45) is 0.793. The van der Waals surface area contributed by atoms with E-state index in [1.807, 2.05) is 24.3 Å². The predicted molar refractivity (Wildman–Crippen MR) is 69.9 cm³/mol. The fourth-order valence-corrected chi connectivity index (χ4v) is 1.52. The maximum absolute atomic E-state index is 9.10. The predicted octanol–water partition coefficient (Wildman–Crippen LogP) is 0.0136. The lowest BCUT2D eigenvalue weighted by atomic mass is 10.2. The van der Waals surface area contributed by atoms with Crippen molar-refractivity contribution >= 4 is 11.4 Å². The van der Waals surface area contributed by atoms with Gasteiger partial charge in [0.2, 0.25) is 0 Å². The number of rotatable bonds is 8. The lowest BCUT2D eigenvalue weighted by Crippen LogP contribution is -2.36. The van der Waals surface area contributed by atoms with Gasteiger partial charge in [-0.3, -0.25) is 0 Å². The second-order valence-corrected chi connectivity index (χ2v) is 3.89. The van der Waals surface area contributed by atoms with Gasteiger partial charge in [-0.25, -0.2) is 0 Å². The average Bonchev–Trinajstić information content (AvgIpc) is 2.36. The van der Waals surface area contributed by atoms with Crippen LogP contribution in [0.1, 0.15) is 6.42 Å². The molecule has 0 bridgehead atoms. The molecule has 0 aliphatic rings. The third kappa shape index (κ3) is 5.53. The summed E-state index contributed by atoms with van der Waals surface area (Å²) in [7, 11) is 0. The molecule has 96 valence electrons. The molecular weight excluding hydrogens is 218 g/mol. The molecule has 5 nitrogen and oxygen atoms in total. The Morgan fingerprint density at radius 1 is 1.12 bits per heavy atom. The van der Waals surface area contributed by atoms with Crippen LogP contribution < -0.4 is 16.4 Å². The van der Waals surface area contributed by atoms with E-state index in [9.17, 15) is 0 Å². The first kappa shape index (κ1) is 13.8. The van der Waals surface area contributed by atoms with E-state index in [2.05, 4.69) is 10.6 Å². The Morgan fingerprint density at radius 3 is 2.41 bits per heavy atom. The molecule has 0 aromatic heterocycles. The van der Waals surface area contributed by atoms with Crippen molar-refractivity contribution in [3.05, 3.63) is 24.3 Å². The highest BCUT2D eigenvalue weighted by Crippen LogP contribution is 2.10. The minimum Gasteiger partial charge on any atom is -0.399 e. The summed E-state index contributed by atoms with van der Waals surface area (Å²) >= 11 is 0. The van der Waals surface area contributed by atoms with Gasteiger partial charge in [0.15, 0.2) is 0 Å². The second kappa shape index (κ2) is 7.89. The van der Waals surface area contributed by atoms with E-state index in [-0.39, 0.29) is 19.3 Å². The number of nitrogen functional groups attached to an aromatic ring is 1. The van der Waals surface area contributed by atoms with E-state index in [1.54, 1.807) is 0 Å². The molecule has 0 heterocycles.